The van der Waals surface area contributed by atoms with Gasteiger partial charge in [0.05, 0.1) is 19.0 Å². The van der Waals surface area contributed by atoms with E-state index in [9.17, 15) is 10.2 Å². The van der Waals surface area contributed by atoms with Crippen molar-refractivity contribution >= 4 is 17.0 Å². The van der Waals surface area contributed by atoms with Crippen molar-refractivity contribution in [3.63, 3.8) is 0 Å². The van der Waals surface area contributed by atoms with E-state index in [2.05, 4.69) is 15.0 Å². The lowest BCUT2D eigenvalue weighted by Crippen LogP contribution is -2.41. The van der Waals surface area contributed by atoms with E-state index < -0.39 is 18.4 Å². The minimum atomic E-state index is -1.02. The van der Waals surface area contributed by atoms with Gasteiger partial charge in [0.2, 0.25) is 0 Å². The Labute approximate surface area is 102 Å². The first kappa shape index (κ1) is 11.3. The van der Waals surface area contributed by atoms with Gasteiger partial charge in [-0.15, -0.1) is 0 Å². The van der Waals surface area contributed by atoms with Crippen LogP contribution in [0.2, 0.25) is 0 Å². The Hall–Kier alpha value is -1.77. The van der Waals surface area contributed by atoms with E-state index in [0.29, 0.717) is 24.2 Å². The number of nitrogens with zero attached hydrogens (tertiary/aromatic N) is 4. The highest BCUT2D eigenvalue weighted by molar-refractivity contribution is 5.81. The van der Waals surface area contributed by atoms with E-state index >= 15 is 0 Å². The molecular weight excluding hydrogens is 238 g/mol. The molecule has 2 aromatic rings. The molecule has 0 aliphatic carbocycles. The molecule has 8 heteroatoms. The number of nitrogens with two attached hydrogens (primary N) is 1. The summed E-state index contributed by atoms with van der Waals surface area (Å²) in [7, 11) is 0. The summed E-state index contributed by atoms with van der Waals surface area (Å²) >= 11 is 0. The van der Waals surface area contributed by atoms with E-state index in [4.69, 9.17) is 10.5 Å². The highest BCUT2D eigenvalue weighted by Crippen LogP contribution is 2.27. The maximum absolute atomic E-state index is 9.94. The number of hydrogen-bond donors (Lipinski definition) is 3. The van der Waals surface area contributed by atoms with Gasteiger partial charge in [-0.05, 0) is 6.42 Å². The van der Waals surface area contributed by atoms with Crippen molar-refractivity contribution in [2.24, 2.45) is 0 Å². The van der Waals surface area contributed by atoms with Gasteiger partial charge in [-0.1, -0.05) is 0 Å². The molecule has 3 atom stereocenters. The number of aromatic nitrogens is 4. The normalized spacial score (nSPS) is 28.7. The van der Waals surface area contributed by atoms with Crippen LogP contribution in [0.3, 0.4) is 0 Å². The number of imidazole rings is 1. The highest BCUT2D eigenvalue weighted by Gasteiger charge is 2.33. The van der Waals surface area contributed by atoms with Crippen LogP contribution >= 0.6 is 0 Å². The second-order valence-electron chi connectivity index (χ2n) is 4.19. The third-order valence-electron chi connectivity index (χ3n) is 3.05. The number of rotatable bonds is 1. The van der Waals surface area contributed by atoms with Gasteiger partial charge in [-0.25, -0.2) is 15.0 Å². The molecule has 0 bridgehead atoms. The summed E-state index contributed by atoms with van der Waals surface area (Å²) < 4.78 is 7.02. The summed E-state index contributed by atoms with van der Waals surface area (Å²) in [5.41, 5.74) is 6.61. The van der Waals surface area contributed by atoms with E-state index in [1.54, 1.807) is 4.57 Å². The molecule has 0 saturated carbocycles. The van der Waals surface area contributed by atoms with Gasteiger partial charge in [-0.3, -0.25) is 4.57 Å². The Kier molecular flexibility index (Phi) is 2.62. The summed E-state index contributed by atoms with van der Waals surface area (Å²) in [6, 6.07) is 0. The van der Waals surface area contributed by atoms with Crippen LogP contribution in [0.4, 0.5) is 5.82 Å². The number of hydrogen-bond acceptors (Lipinski definition) is 7. The van der Waals surface area contributed by atoms with Crippen molar-refractivity contribution in [1.82, 2.24) is 19.5 Å². The first-order chi connectivity index (χ1) is 8.68. The third kappa shape index (κ3) is 1.62. The predicted molar refractivity (Wildman–Crippen MR) is 61.4 cm³/mol. The summed E-state index contributed by atoms with van der Waals surface area (Å²) in [5, 5.41) is 19.6. The SMILES string of the molecule is Nc1ncnc2c1ncn2C1OCCC(O)C1O. The zero-order chi connectivity index (χ0) is 12.7. The Balaban J connectivity index is 2.06. The summed E-state index contributed by atoms with van der Waals surface area (Å²) in [6.45, 7) is 0.364. The standard InChI is InChI=1S/C10H13N5O3/c11-8-6-9(13-3-12-8)15(4-14-6)10-7(17)5(16)1-2-18-10/h3-5,7,10,16-17H,1-2H2,(H2,11,12,13). The quantitative estimate of drug-likeness (QED) is 0.597. The molecular formula is C10H13N5O3. The minimum absolute atomic E-state index is 0.268. The summed E-state index contributed by atoms with van der Waals surface area (Å²) in [6.07, 6.45) is 0.644. The number of ether oxygens (including phenoxy) is 1. The Bertz CT molecular complexity index is 572. The van der Waals surface area contributed by atoms with Crippen LogP contribution in [0.5, 0.6) is 0 Å². The van der Waals surface area contributed by atoms with Crippen molar-refractivity contribution in [1.29, 1.82) is 0 Å². The van der Waals surface area contributed by atoms with Gasteiger partial charge >= 0.3 is 0 Å². The average Bonchev–Trinajstić information content (AvgIpc) is 2.78. The molecule has 2 aromatic heterocycles. The molecule has 4 N–H and O–H groups in total. The van der Waals surface area contributed by atoms with Crippen molar-refractivity contribution in [2.45, 2.75) is 24.9 Å². The highest BCUT2D eigenvalue weighted by atomic mass is 16.5. The van der Waals surface area contributed by atoms with E-state index in [1.807, 2.05) is 0 Å². The average molecular weight is 251 g/mol. The van der Waals surface area contributed by atoms with Crippen molar-refractivity contribution in [2.75, 3.05) is 12.3 Å². The molecule has 1 saturated heterocycles. The van der Waals surface area contributed by atoms with E-state index in [1.165, 1.54) is 12.7 Å². The molecule has 8 nitrogen and oxygen atoms in total. The minimum Gasteiger partial charge on any atom is -0.390 e. The Morgan fingerprint density at radius 2 is 2.17 bits per heavy atom. The maximum Gasteiger partial charge on any atom is 0.167 e. The van der Waals surface area contributed by atoms with Crippen molar-refractivity contribution < 1.29 is 14.9 Å². The van der Waals surface area contributed by atoms with Crippen molar-refractivity contribution in [3.05, 3.63) is 12.7 Å². The lowest BCUT2D eigenvalue weighted by atomic mass is 10.1. The van der Waals surface area contributed by atoms with Crippen LogP contribution in [0, 0.1) is 0 Å². The largest absolute Gasteiger partial charge is 0.390 e. The second kappa shape index (κ2) is 4.16. The first-order valence-corrected chi connectivity index (χ1v) is 5.59. The Morgan fingerprint density at radius 1 is 1.33 bits per heavy atom. The topological polar surface area (TPSA) is 119 Å². The lowest BCUT2D eigenvalue weighted by Gasteiger charge is -2.32. The second-order valence-corrected chi connectivity index (χ2v) is 4.19. The van der Waals surface area contributed by atoms with Gasteiger partial charge in [0, 0.05) is 0 Å². The number of nitrogen functional groups attached to an aromatic ring is 1. The summed E-state index contributed by atoms with van der Waals surface area (Å²) in [4.78, 5) is 12.0. The van der Waals surface area contributed by atoms with Crippen LogP contribution < -0.4 is 5.73 Å². The molecule has 1 aliphatic rings. The smallest absolute Gasteiger partial charge is 0.167 e. The van der Waals surface area contributed by atoms with Crippen LogP contribution in [-0.4, -0.2) is 48.5 Å². The number of anilines is 1. The zero-order valence-corrected chi connectivity index (χ0v) is 9.47. The fourth-order valence-electron chi connectivity index (χ4n) is 2.07. The van der Waals surface area contributed by atoms with Gasteiger partial charge in [0.1, 0.15) is 17.9 Å². The van der Waals surface area contributed by atoms with E-state index in [0.717, 1.165) is 0 Å². The van der Waals surface area contributed by atoms with E-state index in [-0.39, 0.29) is 5.82 Å². The van der Waals surface area contributed by atoms with Gasteiger partial charge < -0.3 is 20.7 Å². The van der Waals surface area contributed by atoms with Crippen LogP contribution in [0.1, 0.15) is 12.6 Å². The molecule has 0 amide bonds. The molecule has 0 spiro atoms. The first-order valence-electron chi connectivity index (χ1n) is 5.59. The molecule has 3 rings (SSSR count). The molecule has 18 heavy (non-hydrogen) atoms. The zero-order valence-electron chi connectivity index (χ0n) is 9.47. The molecule has 1 aliphatic heterocycles. The molecule has 1 fully saturated rings. The van der Waals surface area contributed by atoms with Crippen molar-refractivity contribution in [3.8, 4) is 0 Å². The third-order valence-corrected chi connectivity index (χ3v) is 3.05. The van der Waals surface area contributed by atoms with Crippen LogP contribution in [0.15, 0.2) is 12.7 Å². The van der Waals surface area contributed by atoms with Gasteiger partial charge in [0.15, 0.2) is 17.7 Å². The molecule has 3 unspecified atom stereocenters. The molecule has 0 aromatic carbocycles. The molecule has 0 radical (unpaired) electrons. The van der Waals surface area contributed by atoms with Crippen LogP contribution in [0.25, 0.3) is 11.2 Å². The fourth-order valence-corrected chi connectivity index (χ4v) is 2.07. The monoisotopic (exact) mass is 251 g/mol. The number of aliphatic hydroxyl groups is 2. The number of fused-ring (bicyclic) bond motifs is 1. The predicted octanol–water partition coefficient (Wildman–Crippen LogP) is -0.951. The summed E-state index contributed by atoms with van der Waals surface area (Å²) in [5.74, 6) is 0.268. The number of aliphatic hydroxyl groups excluding tert-OH is 2. The lowest BCUT2D eigenvalue weighted by molar-refractivity contribution is -0.164. The Morgan fingerprint density at radius 3 is 3.00 bits per heavy atom. The molecule has 96 valence electrons. The van der Waals surface area contributed by atoms with Crippen LogP contribution in [-0.2, 0) is 4.74 Å². The van der Waals surface area contributed by atoms with Gasteiger partial charge in [-0.2, -0.15) is 0 Å². The maximum atomic E-state index is 9.94. The fraction of sp³-hybridized carbons (Fsp3) is 0.500. The molecule has 3 heterocycles. The van der Waals surface area contributed by atoms with Gasteiger partial charge in [0.25, 0.3) is 0 Å².